The van der Waals surface area contributed by atoms with Gasteiger partial charge in [0, 0.05) is 10.6 Å². The molecule has 0 aliphatic rings. The first-order valence-corrected chi connectivity index (χ1v) is 6.71. The van der Waals surface area contributed by atoms with E-state index in [4.69, 9.17) is 11.6 Å². The van der Waals surface area contributed by atoms with Gasteiger partial charge in [0.2, 0.25) is 0 Å². The van der Waals surface area contributed by atoms with E-state index in [-0.39, 0.29) is 17.7 Å². The van der Waals surface area contributed by atoms with Crippen LogP contribution in [0.25, 0.3) is 0 Å². The second-order valence-electron chi connectivity index (χ2n) is 4.75. The third-order valence-corrected chi connectivity index (χ3v) is 3.44. The number of halogens is 1. The molecule has 2 rings (SSSR count). The molecule has 0 spiro atoms. The first-order chi connectivity index (χ1) is 9.47. The number of rotatable bonds is 3. The zero-order valence-corrected chi connectivity index (χ0v) is 12.1. The molecule has 1 atom stereocenters. The van der Waals surface area contributed by atoms with Gasteiger partial charge in [0.25, 0.3) is 5.91 Å². The monoisotopic (exact) mass is 289 g/mol. The Morgan fingerprint density at radius 3 is 2.45 bits per heavy atom. The van der Waals surface area contributed by atoms with E-state index in [0.29, 0.717) is 10.6 Å². The van der Waals surface area contributed by atoms with Gasteiger partial charge in [-0.15, -0.1) is 0 Å². The van der Waals surface area contributed by atoms with Gasteiger partial charge in [-0.1, -0.05) is 29.8 Å². The summed E-state index contributed by atoms with van der Waals surface area (Å²) in [5.74, 6) is -0.0976. The van der Waals surface area contributed by atoms with Gasteiger partial charge in [0.1, 0.15) is 5.75 Å². The second kappa shape index (κ2) is 5.97. The number of phenols is 1. The minimum absolute atomic E-state index is 0.122. The number of benzene rings is 2. The maximum Gasteiger partial charge on any atom is 0.251 e. The molecule has 2 N–H and O–H groups in total. The van der Waals surface area contributed by atoms with E-state index in [2.05, 4.69) is 5.32 Å². The fourth-order valence-corrected chi connectivity index (χ4v) is 1.99. The summed E-state index contributed by atoms with van der Waals surface area (Å²) in [7, 11) is 0. The smallest absolute Gasteiger partial charge is 0.251 e. The normalized spacial score (nSPS) is 11.9. The highest BCUT2D eigenvalue weighted by atomic mass is 35.5. The first kappa shape index (κ1) is 14.4. The Labute approximate surface area is 123 Å². The van der Waals surface area contributed by atoms with Gasteiger partial charge in [0.05, 0.1) is 6.04 Å². The van der Waals surface area contributed by atoms with Gasteiger partial charge in [-0.2, -0.15) is 0 Å². The Bertz CT molecular complexity index is 623. The molecule has 0 saturated heterocycles. The first-order valence-electron chi connectivity index (χ1n) is 6.33. The molecule has 0 aromatic heterocycles. The Morgan fingerprint density at radius 2 is 1.85 bits per heavy atom. The van der Waals surface area contributed by atoms with Crippen molar-refractivity contribution in [3.63, 3.8) is 0 Å². The summed E-state index contributed by atoms with van der Waals surface area (Å²) < 4.78 is 0. The summed E-state index contributed by atoms with van der Waals surface area (Å²) in [6.07, 6.45) is 0. The summed E-state index contributed by atoms with van der Waals surface area (Å²) >= 11 is 5.84. The van der Waals surface area contributed by atoms with Crippen molar-refractivity contribution in [2.45, 2.75) is 19.9 Å². The lowest BCUT2D eigenvalue weighted by atomic mass is 10.1. The number of phenolic OH excluding ortho intramolecular Hbond substituents is 1. The number of hydrogen-bond acceptors (Lipinski definition) is 2. The van der Waals surface area contributed by atoms with Crippen molar-refractivity contribution in [3.8, 4) is 5.75 Å². The van der Waals surface area contributed by atoms with Crippen LogP contribution in [0.2, 0.25) is 5.02 Å². The van der Waals surface area contributed by atoms with E-state index in [1.807, 2.05) is 19.1 Å². The number of aromatic hydroxyl groups is 1. The predicted octanol–water partition coefficient (Wildman–Crippen LogP) is 3.85. The van der Waals surface area contributed by atoms with Crippen LogP contribution >= 0.6 is 11.6 Å². The van der Waals surface area contributed by atoms with Gasteiger partial charge in [0.15, 0.2) is 0 Å². The van der Waals surface area contributed by atoms with Crippen LogP contribution in [-0.4, -0.2) is 11.0 Å². The second-order valence-corrected chi connectivity index (χ2v) is 5.18. The Kier molecular flexibility index (Phi) is 4.30. The van der Waals surface area contributed by atoms with E-state index in [0.717, 1.165) is 11.1 Å². The molecule has 2 aromatic carbocycles. The largest absolute Gasteiger partial charge is 0.508 e. The zero-order valence-electron chi connectivity index (χ0n) is 11.4. The van der Waals surface area contributed by atoms with Crippen molar-refractivity contribution < 1.29 is 9.90 Å². The van der Waals surface area contributed by atoms with E-state index in [1.165, 1.54) is 6.07 Å². The lowest BCUT2D eigenvalue weighted by molar-refractivity contribution is 0.0939. The number of amides is 1. The summed E-state index contributed by atoms with van der Waals surface area (Å²) in [6.45, 7) is 3.68. The number of carbonyl (C=O) groups excluding carboxylic acids is 1. The topological polar surface area (TPSA) is 49.3 Å². The number of hydrogen-bond donors (Lipinski definition) is 2. The lowest BCUT2D eigenvalue weighted by Gasteiger charge is -2.14. The molecule has 0 fully saturated rings. The Hall–Kier alpha value is -2.00. The average Bonchev–Trinajstić information content (AvgIpc) is 2.42. The fourth-order valence-electron chi connectivity index (χ4n) is 1.87. The molecule has 4 heteroatoms. The number of aryl methyl sites for hydroxylation is 1. The van der Waals surface area contributed by atoms with Gasteiger partial charge < -0.3 is 10.4 Å². The highest BCUT2D eigenvalue weighted by Crippen LogP contribution is 2.19. The van der Waals surface area contributed by atoms with Crippen molar-refractivity contribution in [2.24, 2.45) is 0 Å². The van der Waals surface area contributed by atoms with E-state index in [1.54, 1.807) is 31.2 Å². The third-order valence-electron chi connectivity index (χ3n) is 3.19. The molecule has 1 amide bonds. The fraction of sp³-hybridized carbons (Fsp3) is 0.188. The van der Waals surface area contributed by atoms with Crippen molar-refractivity contribution in [3.05, 3.63) is 64.2 Å². The standard InChI is InChI=1S/C16H16ClNO2/c1-10-3-4-13(9-15(10)19)16(20)18-11(2)12-5-7-14(17)8-6-12/h3-9,11,19H,1-2H3,(H,18,20). The van der Waals surface area contributed by atoms with Crippen molar-refractivity contribution in [1.82, 2.24) is 5.32 Å². The van der Waals surface area contributed by atoms with E-state index < -0.39 is 0 Å². The molecule has 104 valence electrons. The summed E-state index contributed by atoms with van der Waals surface area (Å²) in [5.41, 5.74) is 2.15. The quantitative estimate of drug-likeness (QED) is 0.902. The highest BCUT2D eigenvalue weighted by Gasteiger charge is 2.12. The van der Waals surface area contributed by atoms with Gasteiger partial charge in [-0.3, -0.25) is 4.79 Å². The SMILES string of the molecule is Cc1ccc(C(=O)NC(C)c2ccc(Cl)cc2)cc1O. The highest BCUT2D eigenvalue weighted by molar-refractivity contribution is 6.30. The Balaban J connectivity index is 2.10. The maximum absolute atomic E-state index is 12.1. The maximum atomic E-state index is 12.1. The number of nitrogens with one attached hydrogen (secondary N) is 1. The third kappa shape index (κ3) is 3.31. The molecule has 0 radical (unpaired) electrons. The molecular formula is C16H16ClNO2. The minimum Gasteiger partial charge on any atom is -0.508 e. The van der Waals surface area contributed by atoms with Gasteiger partial charge >= 0.3 is 0 Å². The molecule has 20 heavy (non-hydrogen) atoms. The predicted molar refractivity (Wildman–Crippen MR) is 80.2 cm³/mol. The van der Waals surface area contributed by atoms with Crippen LogP contribution in [0.5, 0.6) is 5.75 Å². The molecule has 1 unspecified atom stereocenters. The molecule has 0 aliphatic heterocycles. The molecule has 0 saturated carbocycles. The summed E-state index contributed by atoms with van der Waals surface area (Å²) in [5, 5.41) is 13.2. The Morgan fingerprint density at radius 1 is 1.20 bits per heavy atom. The molecule has 0 heterocycles. The van der Waals surface area contributed by atoms with Crippen molar-refractivity contribution >= 4 is 17.5 Å². The van der Waals surface area contributed by atoms with Gasteiger partial charge in [-0.05, 0) is 49.2 Å². The van der Waals surface area contributed by atoms with E-state index in [9.17, 15) is 9.90 Å². The molecule has 0 aliphatic carbocycles. The van der Waals surface area contributed by atoms with Crippen LogP contribution in [0, 0.1) is 6.92 Å². The molecular weight excluding hydrogens is 274 g/mol. The molecule has 0 bridgehead atoms. The van der Waals surface area contributed by atoms with Crippen LogP contribution in [-0.2, 0) is 0 Å². The van der Waals surface area contributed by atoms with Crippen LogP contribution < -0.4 is 5.32 Å². The molecule has 2 aromatic rings. The zero-order chi connectivity index (χ0) is 14.7. The van der Waals surface area contributed by atoms with Crippen LogP contribution in [0.3, 0.4) is 0 Å². The van der Waals surface area contributed by atoms with Crippen LogP contribution in [0.15, 0.2) is 42.5 Å². The van der Waals surface area contributed by atoms with Gasteiger partial charge in [-0.25, -0.2) is 0 Å². The minimum atomic E-state index is -0.220. The van der Waals surface area contributed by atoms with Crippen molar-refractivity contribution in [2.75, 3.05) is 0 Å². The molecule has 3 nitrogen and oxygen atoms in total. The number of carbonyl (C=O) groups is 1. The van der Waals surface area contributed by atoms with Crippen LogP contribution in [0.1, 0.15) is 34.5 Å². The van der Waals surface area contributed by atoms with Crippen molar-refractivity contribution in [1.29, 1.82) is 0 Å². The van der Waals surface area contributed by atoms with E-state index >= 15 is 0 Å². The lowest BCUT2D eigenvalue weighted by Crippen LogP contribution is -2.26. The average molecular weight is 290 g/mol. The summed E-state index contributed by atoms with van der Waals surface area (Å²) in [4.78, 5) is 12.1. The summed E-state index contributed by atoms with van der Waals surface area (Å²) in [6, 6.07) is 12.1. The van der Waals surface area contributed by atoms with Crippen LogP contribution in [0.4, 0.5) is 0 Å².